The highest BCUT2D eigenvalue weighted by atomic mass is 16.8. The minimum Gasteiger partial charge on any atom is -0.434 e. The molecule has 0 aromatic carbocycles. The van der Waals surface area contributed by atoms with Gasteiger partial charge in [-0.05, 0) is 38.5 Å². The van der Waals surface area contributed by atoms with Gasteiger partial charge in [0.05, 0.1) is 13.2 Å². The smallest absolute Gasteiger partial charge is 0.334 e. The molecule has 2 aliphatic carbocycles. The van der Waals surface area contributed by atoms with Crippen LogP contribution in [0.1, 0.15) is 83.5 Å². The molecule has 4 saturated heterocycles. The molecule has 6 aliphatic rings. The fraction of sp³-hybridized carbons (Fsp3) is 0.960. The van der Waals surface area contributed by atoms with Gasteiger partial charge in [-0.2, -0.15) is 0 Å². The van der Waals surface area contributed by atoms with E-state index in [0.29, 0.717) is 13.2 Å². The van der Waals surface area contributed by atoms with Gasteiger partial charge >= 0.3 is 5.97 Å². The van der Waals surface area contributed by atoms with Gasteiger partial charge in [-0.15, -0.1) is 0 Å². The maximum atomic E-state index is 12.4. The third kappa shape index (κ3) is 4.77. The Hall–Kier alpha value is -0.810. The molecule has 4 aliphatic heterocycles. The Morgan fingerprint density at radius 3 is 2.26 bits per heavy atom. The predicted octanol–water partition coefficient (Wildman–Crippen LogP) is 3.32. The van der Waals surface area contributed by atoms with Crippen LogP contribution in [0.3, 0.4) is 0 Å². The zero-order chi connectivity index (χ0) is 23.0. The van der Waals surface area contributed by atoms with E-state index in [-0.39, 0.29) is 24.9 Å². The molecule has 4 heterocycles. The Balaban J connectivity index is 1.11. The zero-order valence-electron chi connectivity index (χ0n) is 20.0. The molecular weight excluding hydrogens is 444 g/mol. The topological polar surface area (TPSA) is 90.9 Å². The van der Waals surface area contributed by atoms with Crippen molar-refractivity contribution in [1.29, 1.82) is 0 Å². The molecule has 2 spiro atoms. The van der Waals surface area contributed by atoms with E-state index >= 15 is 0 Å². The molecule has 0 bridgehead atoms. The van der Waals surface area contributed by atoms with Crippen LogP contribution >= 0.6 is 0 Å². The summed E-state index contributed by atoms with van der Waals surface area (Å²) in [5, 5.41) is 0. The van der Waals surface area contributed by atoms with Gasteiger partial charge in [0.2, 0.25) is 6.29 Å². The quantitative estimate of drug-likeness (QED) is 0.547. The second kappa shape index (κ2) is 9.92. The van der Waals surface area contributed by atoms with Crippen molar-refractivity contribution in [1.82, 2.24) is 0 Å². The number of rotatable bonds is 5. The Labute approximate surface area is 201 Å². The minimum absolute atomic E-state index is 0.219. The summed E-state index contributed by atoms with van der Waals surface area (Å²) in [5.74, 6) is -1.54. The molecule has 6 fully saturated rings. The second-order valence-electron chi connectivity index (χ2n) is 10.6. The molecule has 6 atom stereocenters. The predicted molar refractivity (Wildman–Crippen MR) is 116 cm³/mol. The van der Waals surface area contributed by atoms with Crippen LogP contribution in [0.4, 0.5) is 0 Å². The van der Waals surface area contributed by atoms with E-state index in [2.05, 4.69) is 0 Å². The van der Waals surface area contributed by atoms with E-state index in [1.54, 1.807) is 0 Å². The number of carbonyl (C=O) groups excluding carboxylic acids is 1. The highest BCUT2D eigenvalue weighted by Gasteiger charge is 2.62. The molecule has 9 heteroatoms. The van der Waals surface area contributed by atoms with Crippen molar-refractivity contribution in [3.05, 3.63) is 0 Å². The zero-order valence-corrected chi connectivity index (χ0v) is 20.0. The number of esters is 1. The lowest BCUT2D eigenvalue weighted by Crippen LogP contribution is -2.43. The van der Waals surface area contributed by atoms with Gasteiger partial charge in [-0.3, -0.25) is 0 Å². The van der Waals surface area contributed by atoms with Crippen LogP contribution in [0, 0.1) is 0 Å². The summed E-state index contributed by atoms with van der Waals surface area (Å²) in [7, 11) is 0. The van der Waals surface area contributed by atoms with E-state index < -0.39 is 36.2 Å². The highest BCUT2D eigenvalue weighted by molar-refractivity contribution is 5.70. The third-order valence-electron chi connectivity index (χ3n) is 8.15. The second-order valence-corrected chi connectivity index (χ2v) is 10.6. The summed E-state index contributed by atoms with van der Waals surface area (Å²) in [6.45, 7) is 0.870. The lowest BCUT2D eigenvalue weighted by Gasteiger charge is -2.35. The first-order valence-corrected chi connectivity index (χ1v) is 13.4. The Kier molecular flexibility index (Phi) is 6.88. The SMILES string of the molecule is O=C(COC1O[C@H](C2COC3(CCCCC3)O2)[C@@H]2OC3(CCCCC3)O[C@H]12)OC1CCCCO1. The van der Waals surface area contributed by atoms with Gasteiger partial charge in [0.25, 0.3) is 0 Å². The van der Waals surface area contributed by atoms with E-state index in [1.165, 1.54) is 12.8 Å². The van der Waals surface area contributed by atoms with Crippen molar-refractivity contribution in [2.24, 2.45) is 0 Å². The molecule has 9 nitrogen and oxygen atoms in total. The third-order valence-corrected chi connectivity index (χ3v) is 8.15. The first-order valence-electron chi connectivity index (χ1n) is 13.4. The summed E-state index contributed by atoms with van der Waals surface area (Å²) in [6, 6.07) is 0. The molecular formula is C25H38O9. The van der Waals surface area contributed by atoms with E-state index in [4.69, 9.17) is 37.9 Å². The summed E-state index contributed by atoms with van der Waals surface area (Å²) >= 11 is 0. The fourth-order valence-corrected chi connectivity index (χ4v) is 6.42. The molecule has 0 amide bonds. The normalized spacial score (nSPS) is 41.1. The highest BCUT2D eigenvalue weighted by Crippen LogP contribution is 2.48. The molecule has 6 rings (SSSR count). The molecule has 0 aromatic heterocycles. The van der Waals surface area contributed by atoms with Crippen LogP contribution in [0.25, 0.3) is 0 Å². The first-order chi connectivity index (χ1) is 16.6. The van der Waals surface area contributed by atoms with Gasteiger partial charge in [-0.25, -0.2) is 4.79 Å². The van der Waals surface area contributed by atoms with Crippen LogP contribution < -0.4 is 0 Å². The van der Waals surface area contributed by atoms with Crippen molar-refractivity contribution >= 4 is 5.97 Å². The molecule has 0 radical (unpaired) electrons. The van der Waals surface area contributed by atoms with E-state index in [0.717, 1.165) is 70.6 Å². The number of ether oxygens (including phenoxy) is 8. The summed E-state index contributed by atoms with van der Waals surface area (Å²) < 4.78 is 48.9. The minimum atomic E-state index is -0.720. The number of hydrogen-bond acceptors (Lipinski definition) is 9. The van der Waals surface area contributed by atoms with E-state index in [1.807, 2.05) is 0 Å². The standard InChI is InChI=1S/C25H38O9/c26-18(30-19-9-3-8-14-27-19)16-28-23-22-21(33-25(34-22)12-6-2-7-13-25)20(31-23)17-15-29-24(32-17)10-4-1-5-11-24/h17,19-23H,1-16H2/t17?,19?,20-,21+,22+,23?/m1/s1. The lowest BCUT2D eigenvalue weighted by atomic mass is 9.94. The van der Waals surface area contributed by atoms with Crippen molar-refractivity contribution < 1.29 is 42.7 Å². The molecule has 192 valence electrons. The Morgan fingerprint density at radius 1 is 0.794 bits per heavy atom. The van der Waals surface area contributed by atoms with Crippen molar-refractivity contribution in [3.8, 4) is 0 Å². The first kappa shape index (κ1) is 23.6. The van der Waals surface area contributed by atoms with Gasteiger partial charge < -0.3 is 37.9 Å². The average Bonchev–Trinajstić information content (AvgIpc) is 3.52. The van der Waals surface area contributed by atoms with Crippen LogP contribution in [0.2, 0.25) is 0 Å². The largest absolute Gasteiger partial charge is 0.434 e. The number of hydrogen-bond donors (Lipinski definition) is 0. The van der Waals surface area contributed by atoms with Crippen molar-refractivity contribution in [2.75, 3.05) is 19.8 Å². The van der Waals surface area contributed by atoms with Crippen molar-refractivity contribution in [3.63, 3.8) is 0 Å². The number of carbonyl (C=O) groups is 1. The van der Waals surface area contributed by atoms with E-state index in [9.17, 15) is 4.79 Å². The molecule has 0 N–H and O–H groups in total. The number of fused-ring (bicyclic) bond motifs is 1. The van der Waals surface area contributed by atoms with Crippen LogP contribution in [0.5, 0.6) is 0 Å². The van der Waals surface area contributed by atoms with Crippen LogP contribution in [-0.4, -0.2) is 74.4 Å². The van der Waals surface area contributed by atoms with Gasteiger partial charge in [0.15, 0.2) is 17.9 Å². The molecule has 3 unspecified atom stereocenters. The van der Waals surface area contributed by atoms with Crippen LogP contribution in [0.15, 0.2) is 0 Å². The Bertz CT molecular complexity index is 711. The van der Waals surface area contributed by atoms with Gasteiger partial charge in [-0.1, -0.05) is 12.8 Å². The Morgan fingerprint density at radius 2 is 1.53 bits per heavy atom. The maximum absolute atomic E-state index is 12.4. The molecule has 0 aromatic rings. The fourth-order valence-electron chi connectivity index (χ4n) is 6.42. The maximum Gasteiger partial charge on any atom is 0.334 e. The average molecular weight is 483 g/mol. The summed E-state index contributed by atoms with van der Waals surface area (Å²) in [6.07, 6.45) is 10.6. The van der Waals surface area contributed by atoms with Gasteiger partial charge in [0.1, 0.15) is 31.0 Å². The lowest BCUT2D eigenvalue weighted by molar-refractivity contribution is -0.269. The summed E-state index contributed by atoms with van der Waals surface area (Å²) in [4.78, 5) is 12.4. The van der Waals surface area contributed by atoms with Gasteiger partial charge in [0, 0.05) is 32.1 Å². The summed E-state index contributed by atoms with van der Waals surface area (Å²) in [5.41, 5.74) is 0. The molecule has 2 saturated carbocycles. The van der Waals surface area contributed by atoms with Crippen LogP contribution in [-0.2, 0) is 42.7 Å². The molecule has 34 heavy (non-hydrogen) atoms. The van der Waals surface area contributed by atoms with Crippen molar-refractivity contribution in [2.45, 2.75) is 132 Å². The monoisotopic (exact) mass is 482 g/mol.